The Morgan fingerprint density at radius 2 is 2.18 bits per heavy atom. The molecule has 0 aromatic heterocycles. The van der Waals surface area contributed by atoms with Crippen molar-refractivity contribution >= 4 is 11.6 Å². The average Bonchev–Trinajstić information content (AvgIpc) is 2.47. The molecule has 2 N–H and O–H groups in total. The largest absolute Gasteiger partial charge is 0.495 e. The molecular formula is C17H23N3O2. The summed E-state index contributed by atoms with van der Waals surface area (Å²) >= 11 is 0. The minimum absolute atomic E-state index is 0.0346. The molecule has 0 heterocycles. The number of rotatable bonds is 7. The molecule has 1 amide bonds. The first-order chi connectivity index (χ1) is 10.5. The molecule has 118 valence electrons. The molecule has 0 fully saturated rings. The number of ether oxygens (including phenoxy) is 1. The summed E-state index contributed by atoms with van der Waals surface area (Å²) in [5.74, 6) is 0.671. The van der Waals surface area contributed by atoms with Crippen LogP contribution in [-0.2, 0) is 4.79 Å². The van der Waals surface area contributed by atoms with E-state index in [2.05, 4.69) is 24.5 Å². The highest BCUT2D eigenvalue weighted by atomic mass is 16.5. The predicted molar refractivity (Wildman–Crippen MR) is 87.5 cm³/mol. The Bertz CT molecular complexity index is 586. The van der Waals surface area contributed by atoms with Crippen molar-refractivity contribution in [2.24, 2.45) is 5.92 Å². The summed E-state index contributed by atoms with van der Waals surface area (Å²) in [4.78, 5) is 12.2. The lowest BCUT2D eigenvalue weighted by atomic mass is 10.1. The summed E-state index contributed by atoms with van der Waals surface area (Å²) in [6.07, 6.45) is 2.43. The van der Waals surface area contributed by atoms with Crippen LogP contribution >= 0.6 is 0 Å². The quantitative estimate of drug-likeness (QED) is 0.461. The average molecular weight is 301 g/mol. The van der Waals surface area contributed by atoms with E-state index in [9.17, 15) is 4.79 Å². The fourth-order valence-electron chi connectivity index (χ4n) is 1.80. The Hall–Kier alpha value is -2.48. The Labute approximate surface area is 132 Å². The minimum Gasteiger partial charge on any atom is -0.495 e. The van der Waals surface area contributed by atoms with Crippen LogP contribution in [0.5, 0.6) is 5.75 Å². The molecular weight excluding hydrogens is 278 g/mol. The highest BCUT2D eigenvalue weighted by Gasteiger charge is 2.12. The van der Waals surface area contributed by atoms with Crippen molar-refractivity contribution in [3.63, 3.8) is 0 Å². The number of nitrogens with zero attached hydrogens (tertiary/aromatic N) is 1. The van der Waals surface area contributed by atoms with E-state index >= 15 is 0 Å². The van der Waals surface area contributed by atoms with Gasteiger partial charge in [0.25, 0.3) is 5.91 Å². The second kappa shape index (κ2) is 8.73. The van der Waals surface area contributed by atoms with Crippen molar-refractivity contribution in [3.05, 3.63) is 35.5 Å². The van der Waals surface area contributed by atoms with Gasteiger partial charge in [-0.2, -0.15) is 5.26 Å². The molecule has 1 rings (SSSR count). The first-order valence-corrected chi connectivity index (χ1v) is 7.27. The Kier molecular flexibility index (Phi) is 6.97. The normalized spacial score (nSPS) is 11.0. The number of nitrogens with one attached hydrogen (secondary N) is 2. The highest BCUT2D eigenvalue weighted by molar-refractivity contribution is 6.07. The molecule has 0 aliphatic heterocycles. The van der Waals surface area contributed by atoms with E-state index in [1.54, 1.807) is 12.1 Å². The summed E-state index contributed by atoms with van der Waals surface area (Å²) < 4.78 is 5.21. The summed E-state index contributed by atoms with van der Waals surface area (Å²) in [7, 11) is 1.54. The van der Waals surface area contributed by atoms with Crippen LogP contribution in [0.2, 0.25) is 0 Å². The maximum absolute atomic E-state index is 12.2. The van der Waals surface area contributed by atoms with Gasteiger partial charge in [0.15, 0.2) is 0 Å². The number of carbonyl (C=O) groups is 1. The molecule has 5 nitrogen and oxygen atoms in total. The topological polar surface area (TPSA) is 74.1 Å². The lowest BCUT2D eigenvalue weighted by Gasteiger charge is -2.11. The molecule has 1 aromatic rings. The second-order valence-electron chi connectivity index (χ2n) is 5.46. The summed E-state index contributed by atoms with van der Waals surface area (Å²) in [5, 5.41) is 14.8. The fourth-order valence-corrected chi connectivity index (χ4v) is 1.80. The van der Waals surface area contributed by atoms with Crippen molar-refractivity contribution in [1.82, 2.24) is 5.32 Å². The van der Waals surface area contributed by atoms with Gasteiger partial charge in [0.1, 0.15) is 17.4 Å². The molecule has 0 aliphatic rings. The molecule has 1 aromatic carbocycles. The Morgan fingerprint density at radius 3 is 2.77 bits per heavy atom. The third-order valence-electron chi connectivity index (χ3n) is 3.08. The summed E-state index contributed by atoms with van der Waals surface area (Å²) in [6, 6.07) is 7.38. The number of methoxy groups -OCH3 is 1. The second-order valence-corrected chi connectivity index (χ2v) is 5.46. The van der Waals surface area contributed by atoms with Gasteiger partial charge in [-0.05, 0) is 37.0 Å². The van der Waals surface area contributed by atoms with Crippen molar-refractivity contribution in [3.8, 4) is 11.8 Å². The number of carbonyl (C=O) groups excluding carboxylic acids is 1. The third-order valence-corrected chi connectivity index (χ3v) is 3.08. The minimum atomic E-state index is -0.455. The number of amides is 1. The van der Waals surface area contributed by atoms with Gasteiger partial charge in [-0.15, -0.1) is 0 Å². The lowest BCUT2D eigenvalue weighted by Crippen LogP contribution is -2.18. The zero-order chi connectivity index (χ0) is 16.5. The Balaban J connectivity index is 2.75. The highest BCUT2D eigenvalue weighted by Crippen LogP contribution is 2.25. The first-order valence-electron chi connectivity index (χ1n) is 7.27. The first kappa shape index (κ1) is 17.6. The van der Waals surface area contributed by atoms with Crippen molar-refractivity contribution in [2.45, 2.75) is 27.2 Å². The molecule has 0 bridgehead atoms. The third kappa shape index (κ3) is 5.49. The smallest absolute Gasteiger partial charge is 0.267 e. The number of hydrogen-bond acceptors (Lipinski definition) is 4. The van der Waals surface area contributed by atoms with Crippen LogP contribution in [-0.4, -0.2) is 19.6 Å². The van der Waals surface area contributed by atoms with E-state index in [0.29, 0.717) is 17.4 Å². The molecule has 0 spiro atoms. The molecule has 0 radical (unpaired) electrons. The molecule has 5 heteroatoms. The zero-order valence-corrected chi connectivity index (χ0v) is 13.6. The maximum atomic E-state index is 12.2. The van der Waals surface area contributed by atoms with E-state index < -0.39 is 5.91 Å². The molecule has 0 saturated carbocycles. The number of aryl methyl sites for hydroxylation is 1. The van der Waals surface area contributed by atoms with Gasteiger partial charge in [-0.25, -0.2) is 0 Å². The summed E-state index contributed by atoms with van der Waals surface area (Å²) in [5.41, 5.74) is 1.58. The van der Waals surface area contributed by atoms with Crippen LogP contribution in [0.15, 0.2) is 30.0 Å². The van der Waals surface area contributed by atoms with Crippen LogP contribution in [0.25, 0.3) is 0 Å². The monoisotopic (exact) mass is 301 g/mol. The van der Waals surface area contributed by atoms with Crippen LogP contribution in [0, 0.1) is 24.2 Å². The van der Waals surface area contributed by atoms with Crippen molar-refractivity contribution in [1.29, 1.82) is 5.26 Å². The van der Waals surface area contributed by atoms with E-state index in [-0.39, 0.29) is 5.57 Å². The van der Waals surface area contributed by atoms with Gasteiger partial charge in [-0.3, -0.25) is 4.79 Å². The van der Waals surface area contributed by atoms with Crippen LogP contribution in [0.1, 0.15) is 25.8 Å². The van der Waals surface area contributed by atoms with Gasteiger partial charge in [0.2, 0.25) is 0 Å². The molecule has 0 atom stereocenters. The SMILES string of the molecule is COc1ccc(C)cc1NC(=O)/C(C#N)=C\NCCC(C)C. The molecule has 0 aliphatic carbocycles. The van der Waals surface area contributed by atoms with Gasteiger partial charge in [0.05, 0.1) is 12.8 Å². The standard InChI is InChI=1S/C17H23N3O2/c1-12(2)7-8-19-11-14(10-18)17(21)20-15-9-13(3)5-6-16(15)22-4/h5-6,9,11-12,19H,7-8H2,1-4H3,(H,20,21)/b14-11-. The maximum Gasteiger partial charge on any atom is 0.267 e. The number of hydrogen-bond donors (Lipinski definition) is 2. The van der Waals surface area contributed by atoms with Crippen LogP contribution < -0.4 is 15.4 Å². The van der Waals surface area contributed by atoms with Crippen molar-refractivity contribution < 1.29 is 9.53 Å². The molecule has 22 heavy (non-hydrogen) atoms. The number of nitriles is 1. The summed E-state index contributed by atoms with van der Waals surface area (Å²) in [6.45, 7) is 6.88. The number of benzene rings is 1. The fraction of sp³-hybridized carbons (Fsp3) is 0.412. The van der Waals surface area contributed by atoms with Crippen LogP contribution in [0.3, 0.4) is 0 Å². The van der Waals surface area contributed by atoms with E-state index in [1.807, 2.05) is 19.1 Å². The lowest BCUT2D eigenvalue weighted by molar-refractivity contribution is -0.112. The van der Waals surface area contributed by atoms with Gasteiger partial charge in [-0.1, -0.05) is 19.9 Å². The van der Waals surface area contributed by atoms with Gasteiger partial charge >= 0.3 is 0 Å². The predicted octanol–water partition coefficient (Wildman–Crippen LogP) is 2.99. The van der Waals surface area contributed by atoms with E-state index in [4.69, 9.17) is 10.00 Å². The van der Waals surface area contributed by atoms with Crippen LogP contribution in [0.4, 0.5) is 5.69 Å². The van der Waals surface area contributed by atoms with Gasteiger partial charge < -0.3 is 15.4 Å². The van der Waals surface area contributed by atoms with Crippen molar-refractivity contribution in [2.75, 3.05) is 19.0 Å². The Morgan fingerprint density at radius 1 is 1.45 bits per heavy atom. The number of anilines is 1. The molecule has 0 unspecified atom stereocenters. The van der Waals surface area contributed by atoms with Gasteiger partial charge in [0, 0.05) is 12.7 Å². The van der Waals surface area contributed by atoms with E-state index in [1.165, 1.54) is 13.3 Å². The van der Waals surface area contributed by atoms with E-state index in [0.717, 1.165) is 18.5 Å². The molecule has 0 saturated heterocycles. The zero-order valence-electron chi connectivity index (χ0n) is 13.6.